The van der Waals surface area contributed by atoms with Crippen molar-refractivity contribution in [1.29, 1.82) is 0 Å². The van der Waals surface area contributed by atoms with Gasteiger partial charge in [-0.1, -0.05) is 6.07 Å². The van der Waals surface area contributed by atoms with Crippen molar-refractivity contribution >= 4 is 5.78 Å². The summed E-state index contributed by atoms with van der Waals surface area (Å²) in [5.41, 5.74) is 2.00. The summed E-state index contributed by atoms with van der Waals surface area (Å²) in [7, 11) is 1.63. The van der Waals surface area contributed by atoms with Crippen molar-refractivity contribution in [3.63, 3.8) is 0 Å². The number of rotatable bonds is 1. The van der Waals surface area contributed by atoms with E-state index in [-0.39, 0.29) is 11.7 Å². The van der Waals surface area contributed by atoms with E-state index >= 15 is 0 Å². The first-order valence-electron chi connectivity index (χ1n) is 6.08. The van der Waals surface area contributed by atoms with Crippen LogP contribution in [0.3, 0.4) is 0 Å². The average Bonchev–Trinajstić information content (AvgIpc) is 2.39. The lowest BCUT2D eigenvalue weighted by Gasteiger charge is -2.35. The monoisotopic (exact) mass is 232 g/mol. The third-order valence-corrected chi connectivity index (χ3v) is 3.90. The number of Topliss-reactive ketones (excluding diaryl/α,β-unsaturated/α-hetero) is 1. The molecule has 0 aromatic heterocycles. The summed E-state index contributed by atoms with van der Waals surface area (Å²) in [5, 5.41) is 0. The van der Waals surface area contributed by atoms with Crippen molar-refractivity contribution in [2.45, 2.75) is 12.8 Å². The van der Waals surface area contributed by atoms with Crippen LogP contribution < -0.4 is 4.74 Å². The molecule has 3 nitrogen and oxygen atoms in total. The molecule has 1 aliphatic carbocycles. The van der Waals surface area contributed by atoms with E-state index in [1.54, 1.807) is 7.11 Å². The third kappa shape index (κ3) is 1.75. The molecule has 1 unspecified atom stereocenters. The summed E-state index contributed by atoms with van der Waals surface area (Å²) in [6, 6.07) is 5.83. The van der Waals surface area contributed by atoms with Crippen LogP contribution in [0.1, 0.15) is 22.3 Å². The van der Waals surface area contributed by atoms with Crippen LogP contribution in [0.4, 0.5) is 0 Å². The van der Waals surface area contributed by atoms with Crippen LogP contribution in [-0.2, 0) is 11.2 Å². The van der Waals surface area contributed by atoms with E-state index in [0.717, 1.165) is 30.8 Å². The smallest absolute Gasteiger partial charge is 0.168 e. The molecule has 1 heterocycles. The quantitative estimate of drug-likeness (QED) is 0.743. The van der Waals surface area contributed by atoms with Crippen LogP contribution in [-0.4, -0.2) is 26.1 Å². The molecule has 0 N–H and O–H groups in total. The van der Waals surface area contributed by atoms with Gasteiger partial charge in [-0.2, -0.15) is 0 Å². The number of hydrogen-bond acceptors (Lipinski definition) is 3. The highest BCUT2D eigenvalue weighted by Crippen LogP contribution is 2.36. The molecule has 1 aromatic carbocycles. The second-order valence-corrected chi connectivity index (χ2v) is 4.82. The van der Waals surface area contributed by atoms with E-state index in [1.165, 1.54) is 5.56 Å². The highest BCUT2D eigenvalue weighted by Gasteiger charge is 2.37. The Morgan fingerprint density at radius 3 is 3.12 bits per heavy atom. The van der Waals surface area contributed by atoms with E-state index in [0.29, 0.717) is 12.5 Å². The molecular weight excluding hydrogens is 216 g/mol. The summed E-state index contributed by atoms with van der Waals surface area (Å²) in [6.45, 7) is 1.38. The zero-order valence-electron chi connectivity index (χ0n) is 9.94. The maximum Gasteiger partial charge on any atom is 0.168 e. The Labute approximate surface area is 101 Å². The summed E-state index contributed by atoms with van der Waals surface area (Å²) in [6.07, 6.45) is 2.00. The Kier molecular flexibility index (Phi) is 2.63. The van der Waals surface area contributed by atoms with E-state index in [1.807, 2.05) is 18.2 Å². The Hall–Kier alpha value is -1.35. The van der Waals surface area contributed by atoms with Gasteiger partial charge < -0.3 is 9.47 Å². The van der Waals surface area contributed by atoms with Crippen LogP contribution in [0.5, 0.6) is 5.75 Å². The third-order valence-electron chi connectivity index (χ3n) is 3.90. The topological polar surface area (TPSA) is 35.5 Å². The van der Waals surface area contributed by atoms with Crippen molar-refractivity contribution in [3.8, 4) is 5.75 Å². The number of methoxy groups -OCH3 is 1. The summed E-state index contributed by atoms with van der Waals surface area (Å²) < 4.78 is 10.6. The maximum absolute atomic E-state index is 12.4. The van der Waals surface area contributed by atoms with Gasteiger partial charge in [-0.25, -0.2) is 0 Å². The fraction of sp³-hybridized carbons (Fsp3) is 0.500. The van der Waals surface area contributed by atoms with Gasteiger partial charge in [0.2, 0.25) is 0 Å². The molecule has 3 heteroatoms. The maximum atomic E-state index is 12.4. The van der Waals surface area contributed by atoms with Gasteiger partial charge in [0, 0.05) is 18.1 Å². The van der Waals surface area contributed by atoms with Gasteiger partial charge in [0.15, 0.2) is 5.78 Å². The van der Waals surface area contributed by atoms with Crippen LogP contribution in [0.2, 0.25) is 0 Å². The molecule has 1 saturated heterocycles. The van der Waals surface area contributed by atoms with Crippen LogP contribution in [0.25, 0.3) is 0 Å². The van der Waals surface area contributed by atoms with Crippen molar-refractivity contribution in [2.75, 3.05) is 20.3 Å². The van der Waals surface area contributed by atoms with Gasteiger partial charge in [-0.15, -0.1) is 0 Å². The van der Waals surface area contributed by atoms with E-state index < -0.39 is 0 Å². The molecule has 90 valence electrons. The van der Waals surface area contributed by atoms with E-state index in [2.05, 4.69) is 0 Å². The van der Waals surface area contributed by atoms with Crippen LogP contribution in [0, 0.1) is 11.8 Å². The van der Waals surface area contributed by atoms with E-state index in [4.69, 9.17) is 9.47 Å². The Balaban J connectivity index is 2.00. The van der Waals surface area contributed by atoms with Gasteiger partial charge in [0.25, 0.3) is 0 Å². The van der Waals surface area contributed by atoms with E-state index in [9.17, 15) is 4.79 Å². The molecule has 1 aromatic rings. The SMILES string of the molecule is COc1ccc2c(c1)C(=O)[C@@H]1COCCC1C2. The second kappa shape index (κ2) is 4.15. The number of fused-ring (bicyclic) bond motifs is 2. The normalized spacial score (nSPS) is 27.2. The molecule has 17 heavy (non-hydrogen) atoms. The van der Waals surface area contributed by atoms with Gasteiger partial charge in [0.1, 0.15) is 5.75 Å². The number of ketones is 1. The number of benzene rings is 1. The Morgan fingerprint density at radius 2 is 2.29 bits per heavy atom. The number of carbonyl (C=O) groups excluding carboxylic acids is 1. The predicted octanol–water partition coefficient (Wildman–Crippen LogP) is 2.09. The molecule has 0 bridgehead atoms. The molecule has 2 aliphatic rings. The van der Waals surface area contributed by atoms with Crippen LogP contribution >= 0.6 is 0 Å². The van der Waals surface area contributed by atoms with Crippen molar-refractivity contribution in [2.24, 2.45) is 11.8 Å². The minimum atomic E-state index is 0.0587. The molecule has 0 spiro atoms. The van der Waals surface area contributed by atoms with Crippen LogP contribution in [0.15, 0.2) is 18.2 Å². The highest BCUT2D eigenvalue weighted by atomic mass is 16.5. The second-order valence-electron chi connectivity index (χ2n) is 4.82. The minimum Gasteiger partial charge on any atom is -0.497 e. The first-order valence-corrected chi connectivity index (χ1v) is 6.08. The molecular formula is C14H16O3. The van der Waals surface area contributed by atoms with Gasteiger partial charge >= 0.3 is 0 Å². The summed E-state index contributed by atoms with van der Waals surface area (Å²) in [4.78, 5) is 12.4. The molecule has 1 aliphatic heterocycles. The zero-order chi connectivity index (χ0) is 11.8. The number of ether oxygens (including phenoxy) is 2. The fourth-order valence-electron chi connectivity index (χ4n) is 2.89. The standard InChI is InChI=1S/C14H16O3/c1-16-11-3-2-9-6-10-4-5-17-8-13(10)14(15)12(9)7-11/h2-3,7,10,13H,4-6,8H2,1H3/t10?,13-/m1/s1. The largest absolute Gasteiger partial charge is 0.497 e. The molecule has 0 saturated carbocycles. The van der Waals surface area contributed by atoms with Crippen molar-refractivity contribution < 1.29 is 14.3 Å². The molecule has 1 fully saturated rings. The highest BCUT2D eigenvalue weighted by molar-refractivity contribution is 6.01. The summed E-state index contributed by atoms with van der Waals surface area (Å²) in [5.74, 6) is 1.52. The van der Waals surface area contributed by atoms with Gasteiger partial charge in [-0.3, -0.25) is 4.79 Å². The first kappa shape index (κ1) is 10.8. The molecule has 3 rings (SSSR count). The first-order chi connectivity index (χ1) is 8.29. The molecule has 0 radical (unpaired) electrons. The number of carbonyl (C=O) groups is 1. The Morgan fingerprint density at radius 1 is 1.41 bits per heavy atom. The zero-order valence-corrected chi connectivity index (χ0v) is 9.94. The van der Waals surface area contributed by atoms with Gasteiger partial charge in [0.05, 0.1) is 13.7 Å². The molecule has 2 atom stereocenters. The molecule has 0 amide bonds. The Bertz CT molecular complexity index is 453. The lowest BCUT2D eigenvalue weighted by molar-refractivity contribution is 0.0159. The van der Waals surface area contributed by atoms with Gasteiger partial charge in [-0.05, 0) is 36.5 Å². The average molecular weight is 232 g/mol. The fourth-order valence-corrected chi connectivity index (χ4v) is 2.89. The van der Waals surface area contributed by atoms with Crippen molar-refractivity contribution in [1.82, 2.24) is 0 Å². The summed E-state index contributed by atoms with van der Waals surface area (Å²) >= 11 is 0. The number of hydrogen-bond donors (Lipinski definition) is 0. The minimum absolute atomic E-state index is 0.0587. The predicted molar refractivity (Wildman–Crippen MR) is 63.4 cm³/mol. The lowest BCUT2D eigenvalue weighted by atomic mass is 9.73. The van der Waals surface area contributed by atoms with Crippen molar-refractivity contribution in [3.05, 3.63) is 29.3 Å². The lowest BCUT2D eigenvalue weighted by Crippen LogP contribution is -2.38.